The highest BCUT2D eigenvalue weighted by atomic mass is 35.5. The molecule has 196 valence electrons. The number of halogens is 2. The van der Waals surface area contributed by atoms with Crippen molar-refractivity contribution in [2.75, 3.05) is 39.1 Å². The van der Waals surface area contributed by atoms with Crippen molar-refractivity contribution < 1.29 is 24.8 Å². The van der Waals surface area contributed by atoms with Crippen LogP contribution in [0.3, 0.4) is 0 Å². The SMILES string of the molecule is [2H]CN1C[C@@H](Oc2cc3c(Nc4cccc(Cl)c4F)ncnc3cc2OC)C[C@H]1C(=O)NCCNC(C)=O. The van der Waals surface area contributed by atoms with Gasteiger partial charge in [0.2, 0.25) is 11.8 Å². The molecule has 2 amide bonds. The molecule has 0 bridgehead atoms. The van der Waals surface area contributed by atoms with Crippen LogP contribution in [0.2, 0.25) is 5.02 Å². The number of hydrogen-bond acceptors (Lipinski definition) is 8. The molecule has 1 saturated heterocycles. The standard InChI is InChI=1S/C25H28ClFN6O4/c1-14(34)28-7-8-29-25(35)20-9-15(12-33(20)2)37-22-10-16-19(11-21(22)36-3)30-13-31-24(16)32-18-6-4-5-17(26)23(18)27/h4-6,10-11,13,15,20H,7-9,12H2,1-3H3,(H,28,34)(H,29,35)(H,30,31,32)/t15-,20-/m0/s1/i2D. The number of anilines is 2. The van der Waals surface area contributed by atoms with Gasteiger partial charge in [0.05, 0.1) is 29.4 Å². The summed E-state index contributed by atoms with van der Waals surface area (Å²) < 4.78 is 34.1. The number of amides is 2. The Morgan fingerprint density at radius 2 is 2.05 bits per heavy atom. The van der Waals surface area contributed by atoms with Crippen molar-refractivity contribution in [2.45, 2.75) is 25.5 Å². The van der Waals surface area contributed by atoms with Crippen LogP contribution in [0.1, 0.15) is 14.7 Å². The fraction of sp³-hybridized carbons (Fsp3) is 0.360. The number of rotatable bonds is 9. The van der Waals surface area contributed by atoms with Crippen LogP contribution in [0.15, 0.2) is 36.7 Å². The molecule has 3 N–H and O–H groups in total. The Hall–Kier alpha value is -3.70. The number of ether oxygens (including phenoxy) is 2. The molecule has 0 saturated carbocycles. The van der Waals surface area contributed by atoms with Crippen LogP contribution < -0.4 is 25.4 Å². The number of likely N-dealkylation sites (N-methyl/N-ethyl adjacent to an activating group) is 1. The first kappa shape index (κ1) is 25.0. The largest absolute Gasteiger partial charge is 0.493 e. The van der Waals surface area contributed by atoms with Gasteiger partial charge in [-0.3, -0.25) is 14.5 Å². The van der Waals surface area contributed by atoms with E-state index >= 15 is 0 Å². The van der Waals surface area contributed by atoms with Gasteiger partial charge in [-0.15, -0.1) is 0 Å². The molecule has 1 aliphatic heterocycles. The molecule has 1 aliphatic rings. The Bertz CT molecular complexity index is 1330. The average molecular weight is 532 g/mol. The number of carbonyl (C=O) groups is 2. The molecule has 0 spiro atoms. The van der Waals surface area contributed by atoms with Gasteiger partial charge >= 0.3 is 0 Å². The topological polar surface area (TPSA) is 118 Å². The smallest absolute Gasteiger partial charge is 0.237 e. The average Bonchev–Trinajstić information content (AvgIpc) is 3.32. The van der Waals surface area contributed by atoms with E-state index in [9.17, 15) is 14.0 Å². The second-order valence-electron chi connectivity index (χ2n) is 8.51. The molecular formula is C25H28ClFN6O4. The van der Waals surface area contributed by atoms with Crippen LogP contribution >= 0.6 is 11.6 Å². The van der Waals surface area contributed by atoms with Crippen molar-refractivity contribution in [3.05, 3.63) is 47.5 Å². The summed E-state index contributed by atoms with van der Waals surface area (Å²) in [5, 5.41) is 8.92. The Morgan fingerprint density at radius 1 is 1.24 bits per heavy atom. The number of benzene rings is 2. The summed E-state index contributed by atoms with van der Waals surface area (Å²) in [5.74, 6) is 0.158. The summed E-state index contributed by atoms with van der Waals surface area (Å²) in [4.78, 5) is 34.0. The molecule has 12 heteroatoms. The maximum absolute atomic E-state index is 14.5. The van der Waals surface area contributed by atoms with Crippen LogP contribution in [0, 0.1) is 5.82 Å². The van der Waals surface area contributed by atoms with Gasteiger partial charge in [-0.05, 0) is 25.2 Å². The fourth-order valence-electron chi connectivity index (χ4n) is 4.08. The van der Waals surface area contributed by atoms with Crippen LogP contribution in [0.5, 0.6) is 11.5 Å². The number of likely N-dealkylation sites (tertiary alicyclic amines) is 1. The van der Waals surface area contributed by atoms with E-state index < -0.39 is 18.0 Å². The molecule has 0 aliphatic carbocycles. The highest BCUT2D eigenvalue weighted by Crippen LogP contribution is 2.37. The number of aromatic nitrogens is 2. The predicted molar refractivity (Wildman–Crippen MR) is 138 cm³/mol. The first-order valence-corrected chi connectivity index (χ1v) is 11.9. The van der Waals surface area contributed by atoms with Crippen molar-refractivity contribution in [2.24, 2.45) is 0 Å². The van der Waals surface area contributed by atoms with Crippen molar-refractivity contribution in [1.29, 1.82) is 0 Å². The third-order valence-electron chi connectivity index (χ3n) is 5.88. The third-order valence-corrected chi connectivity index (χ3v) is 6.18. The van der Waals surface area contributed by atoms with E-state index in [4.69, 9.17) is 22.4 Å². The zero-order valence-corrected chi connectivity index (χ0v) is 21.1. The summed E-state index contributed by atoms with van der Waals surface area (Å²) in [6, 6.07) is 7.47. The Labute approximate surface area is 219 Å². The monoisotopic (exact) mass is 531 g/mol. The molecule has 0 unspecified atom stereocenters. The second kappa shape index (κ2) is 11.6. The molecule has 1 fully saturated rings. The van der Waals surface area contributed by atoms with E-state index in [-0.39, 0.29) is 36.1 Å². The lowest BCUT2D eigenvalue weighted by Gasteiger charge is -2.18. The van der Waals surface area contributed by atoms with Crippen LogP contribution in [-0.4, -0.2) is 72.6 Å². The Kier molecular flexibility index (Phi) is 7.81. The predicted octanol–water partition coefficient (Wildman–Crippen LogP) is 2.88. The van der Waals surface area contributed by atoms with Crippen LogP contribution in [-0.2, 0) is 9.59 Å². The van der Waals surface area contributed by atoms with E-state index in [1.807, 2.05) is 0 Å². The number of nitrogens with zero attached hydrogens (tertiary/aromatic N) is 3. The van der Waals surface area contributed by atoms with Gasteiger partial charge in [0, 0.05) is 45.8 Å². The lowest BCUT2D eigenvalue weighted by molar-refractivity contribution is -0.125. The molecule has 2 aromatic carbocycles. The zero-order chi connectivity index (χ0) is 27.2. The Balaban J connectivity index is 1.54. The Morgan fingerprint density at radius 3 is 2.81 bits per heavy atom. The molecule has 10 nitrogen and oxygen atoms in total. The lowest BCUT2D eigenvalue weighted by atomic mass is 10.1. The van der Waals surface area contributed by atoms with Gasteiger partial charge in [0.15, 0.2) is 17.3 Å². The maximum atomic E-state index is 14.5. The number of nitrogens with one attached hydrogen (secondary N) is 3. The minimum atomic E-state index is -0.603. The van der Waals surface area contributed by atoms with Gasteiger partial charge in [-0.1, -0.05) is 17.7 Å². The molecular weight excluding hydrogens is 503 g/mol. The van der Waals surface area contributed by atoms with Gasteiger partial charge in [0.25, 0.3) is 0 Å². The van der Waals surface area contributed by atoms with E-state index in [2.05, 4.69) is 25.9 Å². The molecule has 37 heavy (non-hydrogen) atoms. The number of hydrogen-bond donors (Lipinski definition) is 3. The van der Waals surface area contributed by atoms with E-state index in [0.717, 1.165) is 0 Å². The molecule has 2 heterocycles. The molecule has 0 radical (unpaired) electrons. The highest BCUT2D eigenvalue weighted by molar-refractivity contribution is 6.31. The number of methoxy groups -OCH3 is 1. The fourth-order valence-corrected chi connectivity index (χ4v) is 4.26. The van der Waals surface area contributed by atoms with Gasteiger partial charge < -0.3 is 25.4 Å². The van der Waals surface area contributed by atoms with Crippen molar-refractivity contribution in [1.82, 2.24) is 25.5 Å². The zero-order valence-electron chi connectivity index (χ0n) is 21.4. The minimum Gasteiger partial charge on any atom is -0.493 e. The summed E-state index contributed by atoms with van der Waals surface area (Å²) in [5.41, 5.74) is 0.704. The van der Waals surface area contributed by atoms with E-state index in [1.54, 1.807) is 29.2 Å². The quantitative estimate of drug-likeness (QED) is 0.361. The molecule has 2 atom stereocenters. The van der Waals surface area contributed by atoms with E-state index in [1.165, 1.54) is 26.4 Å². The lowest BCUT2D eigenvalue weighted by Crippen LogP contribution is -2.43. The second-order valence-corrected chi connectivity index (χ2v) is 8.91. The normalized spacial score (nSPS) is 17.8. The summed E-state index contributed by atoms with van der Waals surface area (Å²) in [7, 11) is 1.43. The number of fused-ring (bicyclic) bond motifs is 1. The van der Waals surface area contributed by atoms with Gasteiger partial charge in [-0.25, -0.2) is 14.4 Å². The van der Waals surface area contributed by atoms with Gasteiger partial charge in [0.1, 0.15) is 18.2 Å². The maximum Gasteiger partial charge on any atom is 0.237 e. The van der Waals surface area contributed by atoms with Crippen molar-refractivity contribution in [3.8, 4) is 11.5 Å². The summed E-state index contributed by atoms with van der Waals surface area (Å²) in [6.45, 7) is 2.37. The van der Waals surface area contributed by atoms with Crippen molar-refractivity contribution >= 4 is 45.8 Å². The van der Waals surface area contributed by atoms with Crippen LogP contribution in [0.4, 0.5) is 15.9 Å². The highest BCUT2D eigenvalue weighted by Gasteiger charge is 2.36. The summed E-state index contributed by atoms with van der Waals surface area (Å²) >= 11 is 5.92. The minimum absolute atomic E-state index is 0.0204. The van der Waals surface area contributed by atoms with E-state index in [0.29, 0.717) is 47.7 Å². The third kappa shape index (κ3) is 6.17. The molecule has 3 aromatic rings. The first-order valence-electron chi connectivity index (χ1n) is 12.3. The number of carbonyl (C=O) groups excluding carboxylic acids is 2. The molecule has 4 rings (SSSR count). The summed E-state index contributed by atoms with van der Waals surface area (Å²) in [6.07, 6.45) is 1.31. The molecule has 1 aromatic heterocycles. The van der Waals surface area contributed by atoms with Crippen LogP contribution in [0.25, 0.3) is 10.9 Å². The van der Waals surface area contributed by atoms with Gasteiger partial charge in [-0.2, -0.15) is 0 Å². The first-order chi connectivity index (χ1) is 18.3. The van der Waals surface area contributed by atoms with Crippen molar-refractivity contribution in [3.63, 3.8) is 0 Å².